The van der Waals surface area contributed by atoms with Gasteiger partial charge in [0.25, 0.3) is 5.91 Å². The molecule has 3 rings (SSSR count). The van der Waals surface area contributed by atoms with Crippen LogP contribution in [0.15, 0.2) is 40.2 Å². The molecule has 1 aliphatic heterocycles. The minimum Gasteiger partial charge on any atom is -0.507 e. The monoisotopic (exact) mass is 436 g/mol. The number of nitrogens with zero attached hydrogens (tertiary/aromatic N) is 1. The molecule has 0 spiro atoms. The van der Waals surface area contributed by atoms with E-state index in [1.807, 2.05) is 44.2 Å². The summed E-state index contributed by atoms with van der Waals surface area (Å²) in [6.45, 7) is 16.5. The first-order valence-corrected chi connectivity index (χ1v) is 11.3. The van der Waals surface area contributed by atoms with Gasteiger partial charge in [0.2, 0.25) is 0 Å². The Balaban J connectivity index is 2.01. The van der Waals surface area contributed by atoms with Gasteiger partial charge >= 0.3 is 0 Å². The van der Waals surface area contributed by atoms with E-state index in [4.69, 9.17) is 0 Å². The summed E-state index contributed by atoms with van der Waals surface area (Å²) < 4.78 is 0. The number of phenols is 1. The van der Waals surface area contributed by atoms with Crippen molar-refractivity contribution >= 4 is 34.6 Å². The predicted molar refractivity (Wildman–Crippen MR) is 132 cm³/mol. The second kappa shape index (κ2) is 8.19. The molecule has 2 aromatic rings. The molecular weight excluding hydrogens is 404 g/mol. The van der Waals surface area contributed by atoms with E-state index in [-0.39, 0.29) is 16.7 Å². The first-order valence-electron chi connectivity index (χ1n) is 10.5. The Morgan fingerprint density at radius 2 is 1.55 bits per heavy atom. The van der Waals surface area contributed by atoms with Gasteiger partial charge in [0.05, 0.1) is 10.6 Å². The van der Waals surface area contributed by atoms with Gasteiger partial charge in [-0.05, 0) is 71.8 Å². The maximum absolute atomic E-state index is 12.6. The second-order valence-corrected chi connectivity index (χ2v) is 11.3. The average Bonchev–Trinajstić information content (AvgIpc) is 2.96. The highest BCUT2D eigenvalue weighted by molar-refractivity contribution is 8.18. The number of carbonyl (C=O) groups excluding carboxylic acids is 1. The van der Waals surface area contributed by atoms with Gasteiger partial charge in [-0.25, -0.2) is 4.99 Å². The van der Waals surface area contributed by atoms with Crippen LogP contribution in [0.5, 0.6) is 5.75 Å². The molecule has 0 atom stereocenters. The van der Waals surface area contributed by atoms with Crippen molar-refractivity contribution in [2.24, 2.45) is 4.99 Å². The van der Waals surface area contributed by atoms with Gasteiger partial charge in [-0.3, -0.25) is 4.79 Å². The third-order valence-electron chi connectivity index (χ3n) is 5.27. The largest absolute Gasteiger partial charge is 0.507 e. The maximum atomic E-state index is 12.6. The van der Waals surface area contributed by atoms with Crippen LogP contribution in [0, 0.1) is 13.8 Å². The normalized spacial score (nSPS) is 17.5. The summed E-state index contributed by atoms with van der Waals surface area (Å²) in [5.41, 5.74) is 5.31. The Labute approximate surface area is 189 Å². The highest BCUT2D eigenvalue weighted by atomic mass is 32.2. The smallest absolute Gasteiger partial charge is 0.264 e. The molecule has 0 unspecified atom stereocenters. The van der Waals surface area contributed by atoms with Gasteiger partial charge in [-0.2, -0.15) is 0 Å². The van der Waals surface area contributed by atoms with E-state index in [1.54, 1.807) is 0 Å². The third-order valence-corrected chi connectivity index (χ3v) is 6.18. The maximum Gasteiger partial charge on any atom is 0.264 e. The van der Waals surface area contributed by atoms with Crippen LogP contribution in [0.2, 0.25) is 0 Å². The zero-order valence-electron chi connectivity index (χ0n) is 19.7. The number of carbonyl (C=O) groups is 1. The molecule has 5 heteroatoms. The van der Waals surface area contributed by atoms with E-state index in [0.29, 0.717) is 15.8 Å². The summed E-state index contributed by atoms with van der Waals surface area (Å²) in [5.74, 6) is 0.180. The van der Waals surface area contributed by atoms with E-state index in [9.17, 15) is 9.90 Å². The van der Waals surface area contributed by atoms with Crippen molar-refractivity contribution in [3.05, 3.63) is 63.1 Å². The SMILES string of the molecule is Cc1ccc(N=C2NC(=O)/C(=C\c3cc(C(C)(C)C)c(O)c(C(C)(C)C)c3)S2)c(C)c1. The minimum absolute atomic E-state index is 0.156. The number of phenolic OH excluding ortho intramolecular Hbond substituents is 1. The molecular formula is C26H32N2O2S. The number of hydrogen-bond acceptors (Lipinski definition) is 4. The van der Waals surface area contributed by atoms with Crippen LogP contribution in [0.3, 0.4) is 0 Å². The van der Waals surface area contributed by atoms with Crippen LogP contribution in [0.25, 0.3) is 6.08 Å². The van der Waals surface area contributed by atoms with Crippen LogP contribution >= 0.6 is 11.8 Å². The van der Waals surface area contributed by atoms with Crippen LogP contribution in [-0.2, 0) is 15.6 Å². The molecule has 4 nitrogen and oxygen atoms in total. The van der Waals surface area contributed by atoms with Crippen LogP contribution in [0.1, 0.15) is 69.4 Å². The number of thioether (sulfide) groups is 1. The quantitative estimate of drug-likeness (QED) is 0.529. The molecule has 2 N–H and O–H groups in total. The Morgan fingerprint density at radius 3 is 2.06 bits per heavy atom. The number of aliphatic imine (C=N–C) groups is 1. The van der Waals surface area contributed by atoms with E-state index in [1.165, 1.54) is 17.3 Å². The summed E-state index contributed by atoms with van der Waals surface area (Å²) in [6.07, 6.45) is 1.88. The molecule has 1 heterocycles. The van der Waals surface area contributed by atoms with Crippen LogP contribution < -0.4 is 5.32 Å². The number of hydrogen-bond donors (Lipinski definition) is 2. The van der Waals surface area contributed by atoms with Crippen LogP contribution in [-0.4, -0.2) is 16.2 Å². The highest BCUT2D eigenvalue weighted by Gasteiger charge is 2.28. The predicted octanol–water partition coefficient (Wildman–Crippen LogP) is 6.50. The zero-order valence-corrected chi connectivity index (χ0v) is 20.5. The highest BCUT2D eigenvalue weighted by Crippen LogP contribution is 2.41. The lowest BCUT2D eigenvalue weighted by Gasteiger charge is -2.28. The molecule has 0 saturated carbocycles. The number of aryl methyl sites for hydroxylation is 2. The number of nitrogens with one attached hydrogen (secondary N) is 1. The average molecular weight is 437 g/mol. The fraction of sp³-hybridized carbons (Fsp3) is 0.385. The van der Waals surface area contributed by atoms with Crippen molar-refractivity contribution in [2.45, 2.75) is 66.2 Å². The number of amidine groups is 1. The number of benzene rings is 2. The van der Waals surface area contributed by atoms with Gasteiger partial charge in [-0.15, -0.1) is 0 Å². The Morgan fingerprint density at radius 1 is 0.968 bits per heavy atom. The van der Waals surface area contributed by atoms with E-state index in [0.717, 1.165) is 27.9 Å². The van der Waals surface area contributed by atoms with Crippen molar-refractivity contribution in [1.82, 2.24) is 5.32 Å². The minimum atomic E-state index is -0.223. The first kappa shape index (κ1) is 23.1. The fourth-order valence-corrected chi connectivity index (χ4v) is 4.39. The van der Waals surface area contributed by atoms with Gasteiger partial charge in [-0.1, -0.05) is 59.2 Å². The number of aromatic hydroxyl groups is 1. The standard InChI is InChI=1S/C26H32N2O2S/c1-15-9-10-20(16(2)11-15)27-24-28-23(30)21(31-24)14-17-12-18(25(3,4)5)22(29)19(13-17)26(6,7)8/h9-14,29H,1-8H3,(H,27,28,30)/b21-14+. The van der Waals surface area contributed by atoms with Crippen molar-refractivity contribution < 1.29 is 9.90 Å². The molecule has 2 aromatic carbocycles. The molecule has 0 aliphatic carbocycles. The van der Waals surface area contributed by atoms with E-state index < -0.39 is 0 Å². The topological polar surface area (TPSA) is 61.7 Å². The molecule has 0 aromatic heterocycles. The van der Waals surface area contributed by atoms with Crippen molar-refractivity contribution in [1.29, 1.82) is 0 Å². The molecule has 31 heavy (non-hydrogen) atoms. The molecule has 164 valence electrons. The van der Waals surface area contributed by atoms with Crippen molar-refractivity contribution in [3.8, 4) is 5.75 Å². The van der Waals surface area contributed by atoms with Crippen LogP contribution in [0.4, 0.5) is 5.69 Å². The summed E-state index contributed by atoms with van der Waals surface area (Å²) in [4.78, 5) is 17.8. The lowest BCUT2D eigenvalue weighted by atomic mass is 9.78. The fourth-order valence-electron chi connectivity index (χ4n) is 3.56. The Hall–Kier alpha value is -2.53. The molecule has 0 bridgehead atoms. The molecule has 1 fully saturated rings. The summed E-state index contributed by atoms with van der Waals surface area (Å²) >= 11 is 1.34. The summed E-state index contributed by atoms with van der Waals surface area (Å²) in [6, 6.07) is 10.0. The molecule has 0 radical (unpaired) electrons. The second-order valence-electron chi connectivity index (χ2n) is 10.2. The van der Waals surface area contributed by atoms with Gasteiger partial charge in [0.1, 0.15) is 5.75 Å². The molecule has 1 saturated heterocycles. The van der Waals surface area contributed by atoms with Gasteiger partial charge in [0.15, 0.2) is 5.17 Å². The van der Waals surface area contributed by atoms with E-state index in [2.05, 4.69) is 57.9 Å². The van der Waals surface area contributed by atoms with Gasteiger partial charge in [0, 0.05) is 11.1 Å². The molecule has 1 amide bonds. The third kappa shape index (κ3) is 5.21. The lowest BCUT2D eigenvalue weighted by Crippen LogP contribution is -2.19. The van der Waals surface area contributed by atoms with E-state index >= 15 is 0 Å². The number of rotatable bonds is 2. The van der Waals surface area contributed by atoms with Crippen molar-refractivity contribution in [2.75, 3.05) is 0 Å². The Kier molecular flexibility index (Phi) is 6.12. The molecule has 1 aliphatic rings. The lowest BCUT2D eigenvalue weighted by molar-refractivity contribution is -0.115. The number of amides is 1. The summed E-state index contributed by atoms with van der Waals surface area (Å²) in [7, 11) is 0. The zero-order chi connectivity index (χ0) is 23.1. The van der Waals surface area contributed by atoms with Crippen molar-refractivity contribution in [3.63, 3.8) is 0 Å². The summed E-state index contributed by atoms with van der Waals surface area (Å²) in [5, 5.41) is 14.4. The first-order chi connectivity index (χ1) is 14.3. The van der Waals surface area contributed by atoms with Gasteiger partial charge < -0.3 is 10.4 Å². The Bertz CT molecular complexity index is 1060.